The molecule has 0 atom stereocenters. The lowest BCUT2D eigenvalue weighted by Crippen LogP contribution is -2.31. The number of Topliss-reactive ketones (excluding diaryl/α,β-unsaturated/α-hetero) is 2. The van der Waals surface area contributed by atoms with E-state index in [1.165, 1.54) is 12.1 Å². The Hall–Kier alpha value is -2.04. The highest BCUT2D eigenvalue weighted by atomic mass is 19.1. The molecule has 0 radical (unpaired) electrons. The molecule has 20 heavy (non-hydrogen) atoms. The molecule has 1 aromatic carbocycles. The zero-order chi connectivity index (χ0) is 14.9. The van der Waals surface area contributed by atoms with Crippen molar-refractivity contribution in [2.45, 2.75) is 33.1 Å². The van der Waals surface area contributed by atoms with E-state index in [1.54, 1.807) is 13.8 Å². The highest BCUT2D eigenvalue weighted by molar-refractivity contribution is 6.52. The SMILES string of the molecule is CCC(=O)CCCN1C(=O)C(=O)c2cc(C)cc(F)c21. The fraction of sp³-hybridized carbons (Fsp3) is 0.400. The summed E-state index contributed by atoms with van der Waals surface area (Å²) in [7, 11) is 0. The third-order valence-corrected chi connectivity index (χ3v) is 3.39. The van der Waals surface area contributed by atoms with Gasteiger partial charge in [0, 0.05) is 19.4 Å². The largest absolute Gasteiger partial charge is 0.302 e. The van der Waals surface area contributed by atoms with Crippen LogP contribution in [-0.4, -0.2) is 24.0 Å². The number of benzene rings is 1. The van der Waals surface area contributed by atoms with E-state index in [-0.39, 0.29) is 23.6 Å². The number of amides is 1. The Balaban J connectivity index is 2.22. The van der Waals surface area contributed by atoms with E-state index >= 15 is 0 Å². The molecule has 0 aromatic heterocycles. The summed E-state index contributed by atoms with van der Waals surface area (Å²) in [5.41, 5.74) is 0.772. The number of halogens is 1. The summed E-state index contributed by atoms with van der Waals surface area (Å²) >= 11 is 0. The smallest absolute Gasteiger partial charge is 0.299 e. The van der Waals surface area contributed by atoms with Crippen LogP contribution in [0.4, 0.5) is 10.1 Å². The number of aryl methyl sites for hydroxylation is 1. The third kappa shape index (κ3) is 2.48. The minimum atomic E-state index is -0.714. The lowest BCUT2D eigenvalue weighted by atomic mass is 10.1. The minimum Gasteiger partial charge on any atom is -0.302 e. The first-order valence-corrected chi connectivity index (χ1v) is 6.63. The van der Waals surface area contributed by atoms with Crippen LogP contribution in [0.5, 0.6) is 0 Å². The van der Waals surface area contributed by atoms with Gasteiger partial charge in [-0.3, -0.25) is 14.4 Å². The number of hydrogen-bond acceptors (Lipinski definition) is 3. The number of rotatable bonds is 5. The summed E-state index contributed by atoms with van der Waals surface area (Å²) in [5.74, 6) is -1.87. The second-order valence-corrected chi connectivity index (χ2v) is 4.92. The average molecular weight is 277 g/mol. The molecule has 106 valence electrons. The van der Waals surface area contributed by atoms with E-state index in [0.29, 0.717) is 24.8 Å². The molecule has 0 N–H and O–H groups in total. The molecule has 0 aliphatic carbocycles. The van der Waals surface area contributed by atoms with E-state index in [9.17, 15) is 18.8 Å². The topological polar surface area (TPSA) is 54.5 Å². The summed E-state index contributed by atoms with van der Waals surface area (Å²) < 4.78 is 14.0. The Labute approximate surface area is 116 Å². The molecule has 2 rings (SSSR count). The Morgan fingerprint density at radius 3 is 2.65 bits per heavy atom. The van der Waals surface area contributed by atoms with Crippen molar-refractivity contribution in [3.63, 3.8) is 0 Å². The van der Waals surface area contributed by atoms with Gasteiger partial charge in [-0.25, -0.2) is 4.39 Å². The van der Waals surface area contributed by atoms with E-state index in [4.69, 9.17) is 0 Å². The van der Waals surface area contributed by atoms with Gasteiger partial charge in [0.2, 0.25) is 0 Å². The summed E-state index contributed by atoms with van der Waals surface area (Å²) in [6.07, 6.45) is 1.20. The van der Waals surface area contributed by atoms with Crippen molar-refractivity contribution < 1.29 is 18.8 Å². The maximum absolute atomic E-state index is 14.0. The first kappa shape index (κ1) is 14.4. The van der Waals surface area contributed by atoms with Gasteiger partial charge in [0.25, 0.3) is 11.7 Å². The molecule has 1 aliphatic heterocycles. The highest BCUT2D eigenvalue weighted by Crippen LogP contribution is 2.32. The van der Waals surface area contributed by atoms with E-state index in [2.05, 4.69) is 0 Å². The number of anilines is 1. The van der Waals surface area contributed by atoms with E-state index < -0.39 is 17.5 Å². The van der Waals surface area contributed by atoms with Gasteiger partial charge in [-0.1, -0.05) is 6.92 Å². The van der Waals surface area contributed by atoms with Crippen molar-refractivity contribution in [3.05, 3.63) is 29.1 Å². The molecule has 0 spiro atoms. The van der Waals surface area contributed by atoms with Crippen LogP contribution in [0.2, 0.25) is 0 Å². The number of carbonyl (C=O) groups is 3. The van der Waals surface area contributed by atoms with Crippen molar-refractivity contribution in [1.29, 1.82) is 0 Å². The van der Waals surface area contributed by atoms with Gasteiger partial charge in [0.1, 0.15) is 11.6 Å². The van der Waals surface area contributed by atoms with Gasteiger partial charge >= 0.3 is 0 Å². The number of nitrogens with zero attached hydrogens (tertiary/aromatic N) is 1. The highest BCUT2D eigenvalue weighted by Gasteiger charge is 2.37. The van der Waals surface area contributed by atoms with Crippen molar-refractivity contribution in [3.8, 4) is 0 Å². The Bertz CT molecular complexity index is 595. The van der Waals surface area contributed by atoms with Crippen LogP contribution in [0.1, 0.15) is 42.1 Å². The first-order chi connectivity index (χ1) is 9.45. The van der Waals surface area contributed by atoms with Gasteiger partial charge in [-0.2, -0.15) is 0 Å². The zero-order valence-electron chi connectivity index (χ0n) is 11.5. The second kappa shape index (κ2) is 5.53. The van der Waals surface area contributed by atoms with Crippen molar-refractivity contribution >= 4 is 23.2 Å². The monoisotopic (exact) mass is 277 g/mol. The maximum Gasteiger partial charge on any atom is 0.299 e. The second-order valence-electron chi connectivity index (χ2n) is 4.92. The van der Waals surface area contributed by atoms with Gasteiger partial charge in [-0.05, 0) is 31.0 Å². The van der Waals surface area contributed by atoms with Gasteiger partial charge < -0.3 is 4.90 Å². The molecule has 0 fully saturated rings. The molecule has 0 unspecified atom stereocenters. The number of hydrogen-bond donors (Lipinski definition) is 0. The molecule has 0 saturated heterocycles. The van der Waals surface area contributed by atoms with Crippen LogP contribution in [0.25, 0.3) is 0 Å². The van der Waals surface area contributed by atoms with Gasteiger partial charge in [0.05, 0.1) is 11.3 Å². The van der Waals surface area contributed by atoms with Crippen LogP contribution >= 0.6 is 0 Å². The third-order valence-electron chi connectivity index (χ3n) is 3.39. The van der Waals surface area contributed by atoms with E-state index in [0.717, 1.165) is 4.90 Å². The number of carbonyl (C=O) groups excluding carboxylic acids is 3. The molecular weight excluding hydrogens is 261 g/mol. The molecule has 5 heteroatoms. The molecule has 0 bridgehead atoms. The van der Waals surface area contributed by atoms with Crippen LogP contribution in [0.3, 0.4) is 0 Å². The fourth-order valence-electron chi connectivity index (χ4n) is 2.35. The number of fused-ring (bicyclic) bond motifs is 1. The zero-order valence-corrected chi connectivity index (χ0v) is 11.5. The van der Waals surface area contributed by atoms with Crippen LogP contribution in [0.15, 0.2) is 12.1 Å². The van der Waals surface area contributed by atoms with Crippen molar-refractivity contribution in [1.82, 2.24) is 0 Å². The number of ketones is 2. The quantitative estimate of drug-likeness (QED) is 0.777. The molecular formula is C15H16FNO3. The molecule has 0 saturated carbocycles. The van der Waals surface area contributed by atoms with Crippen LogP contribution in [-0.2, 0) is 9.59 Å². The lowest BCUT2D eigenvalue weighted by Gasteiger charge is -2.16. The minimum absolute atomic E-state index is 0.0505. The molecule has 1 amide bonds. The molecule has 1 aromatic rings. The predicted octanol–water partition coefficient (Wildman–Crippen LogP) is 2.42. The predicted molar refractivity (Wildman–Crippen MR) is 72.4 cm³/mol. The van der Waals surface area contributed by atoms with Crippen LogP contribution < -0.4 is 4.90 Å². The van der Waals surface area contributed by atoms with Crippen molar-refractivity contribution in [2.75, 3.05) is 11.4 Å². The Morgan fingerprint density at radius 1 is 1.30 bits per heavy atom. The maximum atomic E-state index is 14.0. The summed E-state index contributed by atoms with van der Waals surface area (Å²) in [4.78, 5) is 36.1. The van der Waals surface area contributed by atoms with Gasteiger partial charge in [0.15, 0.2) is 0 Å². The average Bonchev–Trinajstić information content (AvgIpc) is 2.64. The molecule has 1 heterocycles. The first-order valence-electron chi connectivity index (χ1n) is 6.63. The summed E-state index contributed by atoms with van der Waals surface area (Å²) in [5, 5.41) is 0. The summed E-state index contributed by atoms with van der Waals surface area (Å²) in [6, 6.07) is 2.82. The fourth-order valence-corrected chi connectivity index (χ4v) is 2.35. The standard InChI is InChI=1S/C15H16FNO3/c1-3-10(18)5-4-6-17-13-11(14(19)15(17)20)7-9(2)8-12(13)16/h7-8H,3-6H2,1-2H3. The normalized spacial score (nSPS) is 13.8. The lowest BCUT2D eigenvalue weighted by molar-refractivity contribution is -0.119. The van der Waals surface area contributed by atoms with Crippen molar-refractivity contribution in [2.24, 2.45) is 0 Å². The molecule has 1 aliphatic rings. The van der Waals surface area contributed by atoms with Crippen LogP contribution in [0, 0.1) is 12.7 Å². The van der Waals surface area contributed by atoms with E-state index in [1.807, 2.05) is 0 Å². The Morgan fingerprint density at radius 2 is 2.00 bits per heavy atom. The van der Waals surface area contributed by atoms with Gasteiger partial charge in [-0.15, -0.1) is 0 Å². The Kier molecular flexibility index (Phi) is 3.97. The molecule has 4 nitrogen and oxygen atoms in total. The summed E-state index contributed by atoms with van der Waals surface area (Å²) in [6.45, 7) is 3.62.